The van der Waals surface area contributed by atoms with E-state index in [9.17, 15) is 0 Å². The van der Waals surface area contributed by atoms with Gasteiger partial charge in [-0.15, -0.1) is 0 Å². The summed E-state index contributed by atoms with van der Waals surface area (Å²) in [6.07, 6.45) is 2.08. The van der Waals surface area contributed by atoms with Gasteiger partial charge in [-0.3, -0.25) is 0 Å². The van der Waals surface area contributed by atoms with Crippen molar-refractivity contribution in [2.24, 2.45) is 0 Å². The molecule has 0 fully saturated rings. The molecule has 0 heterocycles. The summed E-state index contributed by atoms with van der Waals surface area (Å²) in [5.74, 6) is 0.777. The third kappa shape index (κ3) is 4.69. The molecule has 3 heteroatoms. The van der Waals surface area contributed by atoms with Gasteiger partial charge in [0.15, 0.2) is 0 Å². The number of anilines is 2. The van der Waals surface area contributed by atoms with Crippen LogP contribution >= 0.6 is 0 Å². The van der Waals surface area contributed by atoms with Crippen molar-refractivity contribution in [1.82, 2.24) is 0 Å². The highest BCUT2D eigenvalue weighted by Gasteiger charge is 2.02. The van der Waals surface area contributed by atoms with Gasteiger partial charge < -0.3 is 15.8 Å². The van der Waals surface area contributed by atoms with Crippen molar-refractivity contribution in [2.75, 3.05) is 24.2 Å². The third-order valence-electron chi connectivity index (χ3n) is 3.57. The Morgan fingerprint density at radius 2 is 1.77 bits per heavy atom. The summed E-state index contributed by atoms with van der Waals surface area (Å²) < 4.78 is 5.46. The number of benzene rings is 2. The highest BCUT2D eigenvalue weighted by atomic mass is 16.5. The number of rotatable bonds is 7. The molecule has 0 spiro atoms. The zero-order chi connectivity index (χ0) is 15.9. The molecule has 2 rings (SSSR count). The summed E-state index contributed by atoms with van der Waals surface area (Å²) in [6, 6.07) is 12.6. The number of nitrogens with two attached hydrogens (primary N) is 1. The molecule has 0 aliphatic heterocycles. The Kier molecular flexibility index (Phi) is 5.70. The molecule has 0 amide bonds. The van der Waals surface area contributed by atoms with Crippen molar-refractivity contribution in [3.05, 3.63) is 53.1 Å². The minimum absolute atomic E-state index is 0.642. The van der Waals surface area contributed by atoms with E-state index in [1.54, 1.807) is 0 Å². The Balaban J connectivity index is 1.82. The lowest BCUT2D eigenvalue weighted by molar-refractivity contribution is 0.342. The fourth-order valence-electron chi connectivity index (χ4n) is 2.64. The molecule has 2 aromatic carbocycles. The lowest BCUT2D eigenvalue weighted by atomic mass is 10.1. The van der Waals surface area contributed by atoms with Crippen molar-refractivity contribution in [2.45, 2.75) is 33.6 Å². The summed E-state index contributed by atoms with van der Waals surface area (Å²) >= 11 is 0. The summed E-state index contributed by atoms with van der Waals surface area (Å²) in [5, 5.41) is 3.49. The van der Waals surface area contributed by atoms with Gasteiger partial charge in [-0.25, -0.2) is 0 Å². The van der Waals surface area contributed by atoms with Crippen LogP contribution in [0.3, 0.4) is 0 Å². The van der Waals surface area contributed by atoms with Gasteiger partial charge in [0.05, 0.1) is 12.3 Å². The normalized spacial score (nSPS) is 10.5. The second-order valence-corrected chi connectivity index (χ2v) is 5.71. The number of hydrogen-bond acceptors (Lipinski definition) is 3. The van der Waals surface area contributed by atoms with Crippen molar-refractivity contribution >= 4 is 11.4 Å². The van der Waals surface area contributed by atoms with Gasteiger partial charge >= 0.3 is 0 Å². The molecule has 118 valence electrons. The maximum atomic E-state index is 6.00. The summed E-state index contributed by atoms with van der Waals surface area (Å²) in [4.78, 5) is 0. The van der Waals surface area contributed by atoms with Gasteiger partial charge in [0.2, 0.25) is 0 Å². The van der Waals surface area contributed by atoms with Crippen LogP contribution in [0.4, 0.5) is 11.4 Å². The highest BCUT2D eigenvalue weighted by Crippen LogP contribution is 2.23. The quantitative estimate of drug-likeness (QED) is 0.591. The van der Waals surface area contributed by atoms with Crippen molar-refractivity contribution in [3.63, 3.8) is 0 Å². The van der Waals surface area contributed by atoms with Crippen LogP contribution in [0, 0.1) is 13.8 Å². The SMILES string of the molecule is CCOc1ccc(CCCNc2cc(C)cc(C)c2)cc1N. The Labute approximate surface area is 133 Å². The monoisotopic (exact) mass is 298 g/mol. The van der Waals surface area contributed by atoms with Crippen molar-refractivity contribution < 1.29 is 4.74 Å². The molecular weight excluding hydrogens is 272 g/mol. The standard InChI is InChI=1S/C19H26N2O/c1-4-22-19-8-7-16(13-18(19)20)6-5-9-21-17-11-14(2)10-15(3)12-17/h7-8,10-13,21H,4-6,9,20H2,1-3H3. The number of aryl methyl sites for hydroxylation is 3. The van der Waals surface area contributed by atoms with Crippen LogP contribution < -0.4 is 15.8 Å². The van der Waals surface area contributed by atoms with E-state index < -0.39 is 0 Å². The van der Waals surface area contributed by atoms with E-state index in [-0.39, 0.29) is 0 Å². The van der Waals surface area contributed by atoms with Crippen LogP contribution in [-0.2, 0) is 6.42 Å². The molecule has 22 heavy (non-hydrogen) atoms. The lowest BCUT2D eigenvalue weighted by Gasteiger charge is -2.10. The summed E-state index contributed by atoms with van der Waals surface area (Å²) in [6.45, 7) is 7.81. The zero-order valence-electron chi connectivity index (χ0n) is 13.8. The van der Waals surface area contributed by atoms with Gasteiger partial charge in [0.25, 0.3) is 0 Å². The molecule has 0 radical (unpaired) electrons. The largest absolute Gasteiger partial charge is 0.492 e. The summed E-state index contributed by atoms with van der Waals surface area (Å²) in [7, 11) is 0. The minimum Gasteiger partial charge on any atom is -0.492 e. The van der Waals surface area contributed by atoms with Crippen molar-refractivity contribution in [3.8, 4) is 5.75 Å². The molecule has 0 aliphatic rings. The third-order valence-corrected chi connectivity index (χ3v) is 3.57. The molecule has 0 bridgehead atoms. The number of hydrogen-bond donors (Lipinski definition) is 2. The number of nitrogen functional groups attached to an aromatic ring is 1. The van der Waals surface area contributed by atoms with Crippen LogP contribution in [0.1, 0.15) is 30.0 Å². The predicted molar refractivity (Wildman–Crippen MR) is 94.8 cm³/mol. The van der Waals surface area contributed by atoms with E-state index in [2.05, 4.69) is 43.4 Å². The van der Waals surface area contributed by atoms with E-state index in [0.717, 1.165) is 30.8 Å². The molecule has 3 N–H and O–H groups in total. The van der Waals surface area contributed by atoms with Gasteiger partial charge in [-0.05, 0) is 74.6 Å². The van der Waals surface area contributed by atoms with Gasteiger partial charge in [-0.1, -0.05) is 12.1 Å². The molecule has 0 saturated heterocycles. The summed E-state index contributed by atoms with van der Waals surface area (Å²) in [5.41, 5.74) is 11.8. The predicted octanol–water partition coefficient (Wildman–Crippen LogP) is 4.33. The number of ether oxygens (including phenoxy) is 1. The van der Waals surface area contributed by atoms with Gasteiger partial charge in [0, 0.05) is 12.2 Å². The fourth-order valence-corrected chi connectivity index (χ4v) is 2.64. The molecule has 0 atom stereocenters. The Bertz CT molecular complexity index is 603. The first-order valence-electron chi connectivity index (χ1n) is 7.92. The first-order chi connectivity index (χ1) is 10.6. The van der Waals surface area contributed by atoms with Crippen LogP contribution in [-0.4, -0.2) is 13.2 Å². The Morgan fingerprint density at radius 1 is 1.05 bits per heavy atom. The molecule has 0 aromatic heterocycles. The van der Waals surface area contributed by atoms with E-state index in [0.29, 0.717) is 6.61 Å². The second-order valence-electron chi connectivity index (χ2n) is 5.71. The van der Waals surface area contributed by atoms with Crippen LogP contribution in [0.5, 0.6) is 5.75 Å². The Hall–Kier alpha value is -2.16. The lowest BCUT2D eigenvalue weighted by Crippen LogP contribution is -2.04. The van der Waals surface area contributed by atoms with Crippen LogP contribution in [0.15, 0.2) is 36.4 Å². The second kappa shape index (κ2) is 7.74. The molecular formula is C19H26N2O. The van der Waals surface area contributed by atoms with E-state index in [4.69, 9.17) is 10.5 Å². The maximum Gasteiger partial charge on any atom is 0.142 e. The average molecular weight is 298 g/mol. The number of nitrogens with one attached hydrogen (secondary N) is 1. The highest BCUT2D eigenvalue weighted by molar-refractivity contribution is 5.54. The van der Waals surface area contributed by atoms with Crippen LogP contribution in [0.25, 0.3) is 0 Å². The average Bonchev–Trinajstić information content (AvgIpc) is 2.45. The first kappa shape index (κ1) is 16.2. The molecule has 0 saturated carbocycles. The molecule has 0 aliphatic carbocycles. The van der Waals surface area contributed by atoms with Gasteiger partial charge in [-0.2, -0.15) is 0 Å². The van der Waals surface area contributed by atoms with Crippen LogP contribution in [0.2, 0.25) is 0 Å². The maximum absolute atomic E-state index is 6.00. The van der Waals surface area contributed by atoms with E-state index in [1.165, 1.54) is 22.4 Å². The smallest absolute Gasteiger partial charge is 0.142 e. The minimum atomic E-state index is 0.642. The Morgan fingerprint density at radius 3 is 2.41 bits per heavy atom. The van der Waals surface area contributed by atoms with E-state index >= 15 is 0 Å². The van der Waals surface area contributed by atoms with Gasteiger partial charge in [0.1, 0.15) is 5.75 Å². The fraction of sp³-hybridized carbons (Fsp3) is 0.368. The van der Waals surface area contributed by atoms with Crippen molar-refractivity contribution in [1.29, 1.82) is 0 Å². The molecule has 0 unspecified atom stereocenters. The topological polar surface area (TPSA) is 47.3 Å². The molecule has 3 nitrogen and oxygen atoms in total. The zero-order valence-corrected chi connectivity index (χ0v) is 13.8. The first-order valence-corrected chi connectivity index (χ1v) is 7.92. The molecule has 2 aromatic rings. The van der Waals surface area contributed by atoms with E-state index in [1.807, 2.05) is 19.1 Å².